The Hall–Kier alpha value is -2.37. The van der Waals surface area contributed by atoms with E-state index in [1.165, 1.54) is 44.1 Å². The van der Waals surface area contributed by atoms with Crippen LogP contribution >= 0.6 is 0 Å². The average Bonchev–Trinajstić information content (AvgIpc) is 3.06. The van der Waals surface area contributed by atoms with Gasteiger partial charge in [0, 0.05) is 13.1 Å². The van der Waals surface area contributed by atoms with E-state index in [-0.39, 0.29) is 6.04 Å². The first-order chi connectivity index (χ1) is 14.1. The van der Waals surface area contributed by atoms with Crippen molar-refractivity contribution in [2.75, 3.05) is 0 Å². The summed E-state index contributed by atoms with van der Waals surface area (Å²) < 4.78 is 2.00. The molecule has 1 aromatic heterocycles. The molecule has 6 heteroatoms. The van der Waals surface area contributed by atoms with Crippen molar-refractivity contribution in [2.24, 2.45) is 18.0 Å². The van der Waals surface area contributed by atoms with Crippen molar-refractivity contribution in [3.63, 3.8) is 0 Å². The normalized spacial score (nSPS) is 21.0. The Kier molecular flexibility index (Phi) is 7.67. The molecule has 29 heavy (non-hydrogen) atoms. The van der Waals surface area contributed by atoms with Gasteiger partial charge < -0.3 is 15.2 Å². The summed E-state index contributed by atoms with van der Waals surface area (Å²) in [7, 11) is 1.99. The third-order valence-corrected chi connectivity index (χ3v) is 6.10. The van der Waals surface area contributed by atoms with Crippen LogP contribution in [-0.2, 0) is 13.6 Å². The van der Waals surface area contributed by atoms with E-state index in [1.807, 2.05) is 18.5 Å². The van der Waals surface area contributed by atoms with Crippen LogP contribution in [-0.4, -0.2) is 26.8 Å². The number of guanidine groups is 1. The summed E-state index contributed by atoms with van der Waals surface area (Å²) in [6.45, 7) is 6.94. The molecule has 0 radical (unpaired) electrons. The third kappa shape index (κ3) is 6.05. The number of nitrogens with zero attached hydrogens (tertiary/aromatic N) is 4. The first-order valence-corrected chi connectivity index (χ1v) is 11.0. The van der Waals surface area contributed by atoms with E-state index >= 15 is 0 Å². The van der Waals surface area contributed by atoms with E-state index in [0.29, 0.717) is 12.6 Å². The van der Waals surface area contributed by atoms with Crippen molar-refractivity contribution in [3.8, 4) is 0 Å². The third-order valence-electron chi connectivity index (χ3n) is 6.10. The number of aromatic nitrogens is 3. The predicted octanol–water partition coefficient (Wildman–Crippen LogP) is 4.28. The number of aryl methyl sites for hydroxylation is 1. The molecule has 1 fully saturated rings. The van der Waals surface area contributed by atoms with E-state index in [0.717, 1.165) is 23.5 Å². The van der Waals surface area contributed by atoms with Gasteiger partial charge in [-0.1, -0.05) is 50.1 Å². The molecule has 6 nitrogen and oxygen atoms in total. The maximum absolute atomic E-state index is 4.85. The summed E-state index contributed by atoms with van der Waals surface area (Å²) >= 11 is 0. The number of hydrogen-bond donors (Lipinski definition) is 2. The quantitative estimate of drug-likeness (QED) is 0.541. The number of rotatable bonds is 7. The molecular weight excluding hydrogens is 360 g/mol. The zero-order valence-electron chi connectivity index (χ0n) is 18.4. The van der Waals surface area contributed by atoms with Gasteiger partial charge in [0.25, 0.3) is 0 Å². The van der Waals surface area contributed by atoms with Gasteiger partial charge in [0.1, 0.15) is 12.4 Å². The van der Waals surface area contributed by atoms with Crippen molar-refractivity contribution < 1.29 is 0 Å². The maximum Gasteiger partial charge on any atom is 0.192 e. The van der Waals surface area contributed by atoms with Gasteiger partial charge in [-0.25, -0.2) is 4.99 Å². The summed E-state index contributed by atoms with van der Waals surface area (Å²) in [6, 6.07) is 11.2. The molecule has 0 aliphatic heterocycles. The second-order valence-corrected chi connectivity index (χ2v) is 8.31. The average molecular weight is 397 g/mol. The summed E-state index contributed by atoms with van der Waals surface area (Å²) in [5.74, 6) is 3.55. The topological polar surface area (TPSA) is 67.1 Å². The predicted molar refractivity (Wildman–Crippen MR) is 119 cm³/mol. The van der Waals surface area contributed by atoms with Crippen LogP contribution in [0.2, 0.25) is 0 Å². The molecule has 1 unspecified atom stereocenters. The Morgan fingerprint density at radius 3 is 2.52 bits per heavy atom. The number of benzene rings is 1. The minimum absolute atomic E-state index is 0.181. The SMILES string of the molecule is CCCC1CCC(NC(=NCc2nnc(C)n2C)NC(C)c2ccccc2)CC1. The zero-order chi connectivity index (χ0) is 20.6. The van der Waals surface area contributed by atoms with E-state index in [9.17, 15) is 0 Å². The highest BCUT2D eigenvalue weighted by molar-refractivity contribution is 5.80. The smallest absolute Gasteiger partial charge is 0.192 e. The summed E-state index contributed by atoms with van der Waals surface area (Å²) in [5.41, 5.74) is 1.25. The van der Waals surface area contributed by atoms with E-state index in [1.54, 1.807) is 0 Å². The molecule has 1 saturated carbocycles. The fourth-order valence-electron chi connectivity index (χ4n) is 4.10. The highest BCUT2D eigenvalue weighted by Gasteiger charge is 2.22. The molecule has 1 atom stereocenters. The Labute approximate surface area is 175 Å². The van der Waals surface area contributed by atoms with Crippen LogP contribution in [0.15, 0.2) is 35.3 Å². The maximum atomic E-state index is 4.85. The van der Waals surface area contributed by atoms with Crippen molar-refractivity contribution in [3.05, 3.63) is 47.5 Å². The molecule has 3 rings (SSSR count). The molecule has 158 valence electrons. The zero-order valence-corrected chi connectivity index (χ0v) is 18.4. The number of hydrogen-bond acceptors (Lipinski definition) is 3. The monoisotopic (exact) mass is 396 g/mol. The van der Waals surface area contributed by atoms with Gasteiger partial charge in [0.15, 0.2) is 11.8 Å². The minimum atomic E-state index is 0.181. The number of aliphatic imine (C=N–C) groups is 1. The second kappa shape index (κ2) is 10.4. The Balaban J connectivity index is 1.67. The van der Waals surface area contributed by atoms with Gasteiger partial charge in [-0.05, 0) is 51.0 Å². The summed E-state index contributed by atoms with van der Waals surface area (Å²) in [6.07, 6.45) is 7.72. The van der Waals surface area contributed by atoms with E-state index in [4.69, 9.17) is 4.99 Å². The standard InChI is InChI=1S/C23H36N6/c1-5-9-19-12-14-21(15-13-19)26-23(24-16-22-28-27-18(3)29(22)4)25-17(2)20-10-7-6-8-11-20/h6-8,10-11,17,19,21H,5,9,12-16H2,1-4H3,(H2,24,25,26). The molecule has 2 aromatic rings. The molecule has 1 aliphatic carbocycles. The Morgan fingerprint density at radius 1 is 1.17 bits per heavy atom. The van der Waals surface area contributed by atoms with Crippen LogP contribution in [0.1, 0.15) is 75.6 Å². The van der Waals surface area contributed by atoms with Crippen LogP contribution in [0.4, 0.5) is 0 Å². The van der Waals surface area contributed by atoms with Crippen LogP contribution in [0, 0.1) is 12.8 Å². The lowest BCUT2D eigenvalue weighted by molar-refractivity contribution is 0.294. The molecule has 1 heterocycles. The van der Waals surface area contributed by atoms with Gasteiger partial charge in [-0.2, -0.15) is 0 Å². The fraction of sp³-hybridized carbons (Fsp3) is 0.609. The van der Waals surface area contributed by atoms with Crippen LogP contribution in [0.3, 0.4) is 0 Å². The first-order valence-electron chi connectivity index (χ1n) is 11.0. The molecule has 0 spiro atoms. The van der Waals surface area contributed by atoms with Crippen molar-refractivity contribution in [1.82, 2.24) is 25.4 Å². The Morgan fingerprint density at radius 2 is 1.90 bits per heavy atom. The van der Waals surface area contributed by atoms with Gasteiger partial charge in [0.05, 0.1) is 6.04 Å². The van der Waals surface area contributed by atoms with E-state index in [2.05, 4.69) is 65.0 Å². The molecule has 0 saturated heterocycles. The van der Waals surface area contributed by atoms with Gasteiger partial charge in [0.2, 0.25) is 0 Å². The summed E-state index contributed by atoms with van der Waals surface area (Å²) in [5, 5.41) is 15.7. The lowest BCUT2D eigenvalue weighted by atomic mass is 9.83. The van der Waals surface area contributed by atoms with Crippen molar-refractivity contribution >= 4 is 5.96 Å². The highest BCUT2D eigenvalue weighted by Crippen LogP contribution is 2.27. The van der Waals surface area contributed by atoms with Crippen LogP contribution in [0.25, 0.3) is 0 Å². The molecule has 2 N–H and O–H groups in total. The van der Waals surface area contributed by atoms with Gasteiger partial charge >= 0.3 is 0 Å². The molecule has 0 bridgehead atoms. The second-order valence-electron chi connectivity index (χ2n) is 8.31. The summed E-state index contributed by atoms with van der Waals surface area (Å²) in [4.78, 5) is 4.85. The lowest BCUT2D eigenvalue weighted by Gasteiger charge is -2.31. The molecule has 1 aliphatic rings. The van der Waals surface area contributed by atoms with Crippen LogP contribution in [0.5, 0.6) is 0 Å². The number of nitrogens with one attached hydrogen (secondary N) is 2. The van der Waals surface area contributed by atoms with Crippen molar-refractivity contribution in [1.29, 1.82) is 0 Å². The minimum Gasteiger partial charge on any atom is -0.354 e. The molecule has 0 amide bonds. The highest BCUT2D eigenvalue weighted by atomic mass is 15.3. The lowest BCUT2D eigenvalue weighted by Crippen LogP contribution is -2.45. The Bertz CT molecular complexity index is 774. The largest absolute Gasteiger partial charge is 0.354 e. The molecular formula is C23H36N6. The van der Waals surface area contributed by atoms with Crippen molar-refractivity contribution in [2.45, 2.75) is 77.9 Å². The van der Waals surface area contributed by atoms with Crippen LogP contribution < -0.4 is 10.6 Å². The van der Waals surface area contributed by atoms with E-state index < -0.39 is 0 Å². The fourth-order valence-corrected chi connectivity index (χ4v) is 4.10. The first kappa shape index (κ1) is 21.3. The van der Waals surface area contributed by atoms with Gasteiger partial charge in [-0.15, -0.1) is 10.2 Å². The van der Waals surface area contributed by atoms with Gasteiger partial charge in [-0.3, -0.25) is 0 Å². The molecule has 1 aromatic carbocycles.